The lowest BCUT2D eigenvalue weighted by molar-refractivity contribution is 0.215. The molecule has 4 rings (SSSR count). The Hall–Kier alpha value is -1.94. The number of fused-ring (bicyclic) bond motifs is 3. The number of likely N-dealkylation sites (tertiary alicyclic amines) is 1. The van der Waals surface area contributed by atoms with Gasteiger partial charge in [0.2, 0.25) is 0 Å². The van der Waals surface area contributed by atoms with E-state index in [1.165, 1.54) is 24.8 Å². The van der Waals surface area contributed by atoms with Gasteiger partial charge in [0.05, 0.1) is 12.2 Å². The average molecular weight is 323 g/mol. The van der Waals surface area contributed by atoms with Crippen molar-refractivity contribution in [2.45, 2.75) is 51.5 Å². The highest BCUT2D eigenvalue weighted by molar-refractivity contribution is 5.71. The van der Waals surface area contributed by atoms with E-state index in [9.17, 15) is 4.79 Å². The van der Waals surface area contributed by atoms with Crippen LogP contribution >= 0.6 is 0 Å². The van der Waals surface area contributed by atoms with Gasteiger partial charge in [-0.05, 0) is 37.9 Å². The Kier molecular flexibility index (Phi) is 3.80. The van der Waals surface area contributed by atoms with Gasteiger partial charge in [0, 0.05) is 16.5 Å². The molecule has 0 amide bonds. The minimum absolute atomic E-state index is 0.0338. The number of hydrogen-bond acceptors (Lipinski definition) is 3. The highest BCUT2D eigenvalue weighted by Gasteiger charge is 2.34. The van der Waals surface area contributed by atoms with Crippen LogP contribution in [0.15, 0.2) is 29.1 Å². The van der Waals surface area contributed by atoms with Crippen LogP contribution in [0.4, 0.5) is 0 Å². The first kappa shape index (κ1) is 15.6. The van der Waals surface area contributed by atoms with Crippen LogP contribution in [0.2, 0.25) is 0 Å². The van der Waals surface area contributed by atoms with Crippen LogP contribution in [0.1, 0.15) is 50.1 Å². The Morgan fingerprint density at radius 1 is 1.17 bits per heavy atom. The lowest BCUT2D eigenvalue weighted by atomic mass is 9.72. The van der Waals surface area contributed by atoms with Crippen molar-refractivity contribution in [3.63, 3.8) is 0 Å². The molecule has 0 spiro atoms. The molecule has 1 aliphatic heterocycles. The molecule has 1 N–H and O–H groups in total. The van der Waals surface area contributed by atoms with Gasteiger partial charge in [-0.3, -0.25) is 9.69 Å². The van der Waals surface area contributed by atoms with Gasteiger partial charge >= 0.3 is 0 Å². The van der Waals surface area contributed by atoms with Crippen molar-refractivity contribution >= 4 is 0 Å². The van der Waals surface area contributed by atoms with Crippen molar-refractivity contribution in [2.24, 2.45) is 0 Å². The summed E-state index contributed by atoms with van der Waals surface area (Å²) in [6.45, 7) is 7.23. The number of nitrogens with one attached hydrogen (secondary N) is 1. The van der Waals surface area contributed by atoms with Crippen LogP contribution in [0.3, 0.4) is 0 Å². The molecule has 24 heavy (non-hydrogen) atoms. The number of H-pyrrole nitrogens is 1. The number of hydrogen-bond donors (Lipinski definition) is 1. The highest BCUT2D eigenvalue weighted by Crippen LogP contribution is 2.39. The van der Waals surface area contributed by atoms with Gasteiger partial charge in [0.1, 0.15) is 5.82 Å². The van der Waals surface area contributed by atoms with Crippen LogP contribution in [-0.2, 0) is 18.4 Å². The minimum atomic E-state index is -0.187. The molecule has 4 nitrogen and oxygen atoms in total. The zero-order chi connectivity index (χ0) is 16.7. The summed E-state index contributed by atoms with van der Waals surface area (Å²) in [4.78, 5) is 23.2. The second-order valence-electron chi connectivity index (χ2n) is 7.79. The monoisotopic (exact) mass is 323 g/mol. The fourth-order valence-electron chi connectivity index (χ4n) is 4.22. The average Bonchev–Trinajstić information content (AvgIpc) is 2.54. The zero-order valence-electron chi connectivity index (χ0n) is 14.6. The molecular weight excluding hydrogens is 298 g/mol. The number of aromatic amines is 1. The van der Waals surface area contributed by atoms with E-state index >= 15 is 0 Å². The van der Waals surface area contributed by atoms with Crippen molar-refractivity contribution in [3.05, 3.63) is 51.6 Å². The molecule has 2 heterocycles. The molecule has 0 bridgehead atoms. The molecule has 1 saturated heterocycles. The van der Waals surface area contributed by atoms with Gasteiger partial charge in [-0.15, -0.1) is 0 Å². The Labute approximate surface area is 142 Å². The van der Waals surface area contributed by atoms with E-state index in [0.29, 0.717) is 0 Å². The molecule has 2 aromatic rings. The minimum Gasteiger partial charge on any atom is -0.309 e. The molecule has 0 radical (unpaired) electrons. The molecular formula is C20H25N3O. The van der Waals surface area contributed by atoms with E-state index in [1.54, 1.807) is 0 Å². The third kappa shape index (κ3) is 2.69. The molecule has 1 aromatic heterocycles. The molecule has 0 atom stereocenters. The maximum atomic E-state index is 12.8. The number of benzene rings is 1. The number of nitrogens with zero attached hydrogens (tertiary/aromatic N) is 2. The van der Waals surface area contributed by atoms with E-state index in [-0.39, 0.29) is 11.0 Å². The second-order valence-corrected chi connectivity index (χ2v) is 7.79. The van der Waals surface area contributed by atoms with Crippen LogP contribution in [0.25, 0.3) is 11.3 Å². The van der Waals surface area contributed by atoms with Crippen LogP contribution in [0, 0.1) is 0 Å². The van der Waals surface area contributed by atoms with Gasteiger partial charge in [-0.25, -0.2) is 4.98 Å². The van der Waals surface area contributed by atoms with E-state index < -0.39 is 0 Å². The summed E-state index contributed by atoms with van der Waals surface area (Å²) < 4.78 is 0. The van der Waals surface area contributed by atoms with E-state index in [0.717, 1.165) is 48.7 Å². The summed E-state index contributed by atoms with van der Waals surface area (Å²) >= 11 is 0. The molecule has 2 aliphatic rings. The normalized spacial score (nSPS) is 19.6. The summed E-state index contributed by atoms with van der Waals surface area (Å²) in [5, 5.41) is 0. The van der Waals surface area contributed by atoms with Gasteiger partial charge in [0.25, 0.3) is 5.56 Å². The van der Waals surface area contributed by atoms with Gasteiger partial charge in [-0.2, -0.15) is 0 Å². The second kappa shape index (κ2) is 5.85. The molecule has 0 saturated carbocycles. The van der Waals surface area contributed by atoms with Crippen molar-refractivity contribution in [1.82, 2.24) is 14.9 Å². The predicted octanol–water partition coefficient (Wildman–Crippen LogP) is 3.26. The number of aromatic nitrogens is 2. The largest absolute Gasteiger partial charge is 0.309 e. The van der Waals surface area contributed by atoms with Crippen molar-refractivity contribution in [3.8, 4) is 11.3 Å². The fraction of sp³-hybridized carbons (Fsp3) is 0.500. The van der Waals surface area contributed by atoms with E-state index in [2.05, 4.69) is 41.9 Å². The van der Waals surface area contributed by atoms with Crippen LogP contribution < -0.4 is 5.56 Å². The lowest BCUT2D eigenvalue weighted by Gasteiger charge is -2.33. The first-order valence-corrected chi connectivity index (χ1v) is 8.99. The topological polar surface area (TPSA) is 49.0 Å². The molecule has 126 valence electrons. The quantitative estimate of drug-likeness (QED) is 0.923. The Bertz CT molecular complexity index is 816. The molecule has 1 aromatic carbocycles. The Morgan fingerprint density at radius 3 is 2.71 bits per heavy atom. The summed E-state index contributed by atoms with van der Waals surface area (Å²) in [5.74, 6) is 0.799. The SMILES string of the molecule is CC1(C)Cc2ccccc2-c2nc(CN3CCCCC3)[nH]c(=O)c21. The standard InChI is InChI=1S/C20H25N3O/c1-20(2)12-14-8-4-5-9-15(14)18-17(20)19(24)22-16(21-18)13-23-10-6-3-7-11-23/h4-5,8-9H,3,6-7,10-13H2,1-2H3,(H,21,22,24). The van der Waals surface area contributed by atoms with Crippen molar-refractivity contribution in [2.75, 3.05) is 13.1 Å². The van der Waals surface area contributed by atoms with Crippen LogP contribution in [-0.4, -0.2) is 28.0 Å². The summed E-state index contributed by atoms with van der Waals surface area (Å²) in [5.41, 5.74) is 3.98. The maximum absolute atomic E-state index is 12.8. The summed E-state index contributed by atoms with van der Waals surface area (Å²) in [7, 11) is 0. The van der Waals surface area contributed by atoms with Gasteiger partial charge in [0.15, 0.2) is 0 Å². The molecule has 1 fully saturated rings. The van der Waals surface area contributed by atoms with Crippen molar-refractivity contribution < 1.29 is 0 Å². The van der Waals surface area contributed by atoms with Crippen molar-refractivity contribution in [1.29, 1.82) is 0 Å². The zero-order valence-corrected chi connectivity index (χ0v) is 14.6. The number of rotatable bonds is 2. The van der Waals surface area contributed by atoms with E-state index in [1.807, 2.05) is 6.07 Å². The Balaban J connectivity index is 1.80. The maximum Gasteiger partial charge on any atom is 0.255 e. The van der Waals surface area contributed by atoms with Gasteiger partial charge in [-0.1, -0.05) is 44.5 Å². The molecule has 4 heteroatoms. The summed E-state index contributed by atoms with van der Waals surface area (Å²) in [6, 6.07) is 8.36. The first-order chi connectivity index (χ1) is 11.5. The van der Waals surface area contributed by atoms with Crippen LogP contribution in [0.5, 0.6) is 0 Å². The highest BCUT2D eigenvalue weighted by atomic mass is 16.1. The summed E-state index contributed by atoms with van der Waals surface area (Å²) in [6.07, 6.45) is 4.68. The fourth-order valence-corrected chi connectivity index (χ4v) is 4.22. The third-order valence-electron chi connectivity index (χ3n) is 5.37. The molecule has 0 unspecified atom stereocenters. The predicted molar refractivity (Wildman–Crippen MR) is 96.2 cm³/mol. The first-order valence-electron chi connectivity index (χ1n) is 8.99. The smallest absolute Gasteiger partial charge is 0.255 e. The van der Waals surface area contributed by atoms with E-state index in [4.69, 9.17) is 4.98 Å². The molecule has 1 aliphatic carbocycles. The number of piperidine rings is 1. The lowest BCUT2D eigenvalue weighted by Crippen LogP contribution is -2.36. The third-order valence-corrected chi connectivity index (χ3v) is 5.37. The Morgan fingerprint density at radius 2 is 1.92 bits per heavy atom. The van der Waals surface area contributed by atoms with Gasteiger partial charge < -0.3 is 4.98 Å².